The van der Waals surface area contributed by atoms with Crippen molar-refractivity contribution in [2.45, 2.75) is 74.9 Å². The molecule has 1 aromatic rings. The molecule has 4 atom stereocenters. The van der Waals surface area contributed by atoms with Gasteiger partial charge in [-0.2, -0.15) is 0 Å². The fraction of sp³-hybridized carbons (Fsp3) is 0.714. The van der Waals surface area contributed by atoms with Gasteiger partial charge < -0.3 is 4.74 Å². The minimum Gasteiger partial charge on any atom is -0.383 e. The fourth-order valence-corrected chi connectivity index (χ4v) is 6.30. The standard InChI is InChI=1S/C21H34N2O3S/c1-3-4-10-18(16-27(24,25)20-11-6-5-7-12-20)22-23-19(15-26-2)14-17-9-8-13-21(17)23/h5-7,11-12,17-19,21-22H,3-4,8-10,13-16H2,1-2H3/t17-,18+,19-,21-/m1/s1. The topological polar surface area (TPSA) is 58.6 Å². The molecule has 0 amide bonds. The minimum atomic E-state index is -3.30. The summed E-state index contributed by atoms with van der Waals surface area (Å²) >= 11 is 0. The van der Waals surface area contributed by atoms with Crippen LogP contribution < -0.4 is 5.43 Å². The quantitative estimate of drug-likeness (QED) is 0.659. The van der Waals surface area contributed by atoms with Crippen molar-refractivity contribution in [2.75, 3.05) is 19.5 Å². The van der Waals surface area contributed by atoms with Gasteiger partial charge in [-0.05, 0) is 43.7 Å². The van der Waals surface area contributed by atoms with E-state index in [0.29, 0.717) is 23.6 Å². The van der Waals surface area contributed by atoms with Crippen LogP contribution in [0.3, 0.4) is 0 Å². The molecule has 1 saturated heterocycles. The van der Waals surface area contributed by atoms with Crippen LogP contribution in [0.1, 0.15) is 51.9 Å². The first-order chi connectivity index (χ1) is 13.0. The number of rotatable bonds is 10. The average molecular weight is 395 g/mol. The van der Waals surface area contributed by atoms with Crippen LogP contribution in [0.4, 0.5) is 0 Å². The number of fused-ring (bicyclic) bond motifs is 1. The maximum atomic E-state index is 12.9. The maximum Gasteiger partial charge on any atom is 0.179 e. The van der Waals surface area contributed by atoms with Crippen LogP contribution in [-0.2, 0) is 14.6 Å². The van der Waals surface area contributed by atoms with Crippen LogP contribution >= 0.6 is 0 Å². The zero-order chi connectivity index (χ0) is 19.3. The van der Waals surface area contributed by atoms with Crippen molar-refractivity contribution in [1.82, 2.24) is 10.4 Å². The number of ether oxygens (including phenoxy) is 1. The first-order valence-corrected chi connectivity index (χ1v) is 12.0. The summed E-state index contributed by atoms with van der Waals surface area (Å²) in [7, 11) is -1.55. The van der Waals surface area contributed by atoms with Crippen LogP contribution in [0.2, 0.25) is 0 Å². The number of methoxy groups -OCH3 is 1. The Bertz CT molecular complexity index is 680. The third kappa shape index (κ3) is 5.11. The predicted molar refractivity (Wildman–Crippen MR) is 108 cm³/mol. The van der Waals surface area contributed by atoms with E-state index in [1.54, 1.807) is 31.4 Å². The van der Waals surface area contributed by atoms with Crippen LogP contribution in [-0.4, -0.2) is 51.0 Å². The lowest BCUT2D eigenvalue weighted by molar-refractivity contribution is 0.0437. The molecular formula is C21H34N2O3S. The van der Waals surface area contributed by atoms with E-state index in [1.807, 2.05) is 6.07 Å². The lowest BCUT2D eigenvalue weighted by Gasteiger charge is -2.34. The summed E-state index contributed by atoms with van der Waals surface area (Å²) in [6.45, 7) is 2.85. The van der Waals surface area contributed by atoms with Gasteiger partial charge in [-0.25, -0.2) is 13.4 Å². The SMILES string of the molecule is CCCC[C@@H](CS(=O)(=O)c1ccccc1)NN1[C@@H](COC)C[C@H]2CCC[C@H]21. The molecule has 6 heteroatoms. The van der Waals surface area contributed by atoms with Crippen molar-refractivity contribution in [3.05, 3.63) is 30.3 Å². The van der Waals surface area contributed by atoms with Crippen LogP contribution in [0, 0.1) is 5.92 Å². The molecule has 1 aromatic carbocycles. The van der Waals surface area contributed by atoms with Gasteiger partial charge in [0.25, 0.3) is 0 Å². The molecule has 2 fully saturated rings. The molecular weight excluding hydrogens is 360 g/mol. The first-order valence-electron chi connectivity index (χ1n) is 10.4. The summed E-state index contributed by atoms with van der Waals surface area (Å²) < 4.78 is 31.3. The molecule has 1 aliphatic heterocycles. The van der Waals surface area contributed by atoms with Crippen LogP contribution in [0.15, 0.2) is 35.2 Å². The largest absolute Gasteiger partial charge is 0.383 e. The second kappa shape index (κ2) is 9.50. The van der Waals surface area contributed by atoms with Crippen molar-refractivity contribution >= 4 is 9.84 Å². The number of hydrogen-bond donors (Lipinski definition) is 1. The Labute approximate surface area is 164 Å². The summed E-state index contributed by atoms with van der Waals surface area (Å²) in [4.78, 5) is 0.418. The first kappa shape index (κ1) is 20.8. The molecule has 5 nitrogen and oxygen atoms in total. The molecule has 1 saturated carbocycles. The molecule has 0 unspecified atom stereocenters. The summed E-state index contributed by atoms with van der Waals surface area (Å²) in [5, 5.41) is 2.36. The van der Waals surface area contributed by atoms with Gasteiger partial charge in [-0.15, -0.1) is 0 Å². The highest BCUT2D eigenvalue weighted by molar-refractivity contribution is 7.91. The highest BCUT2D eigenvalue weighted by atomic mass is 32.2. The minimum absolute atomic E-state index is 0.0612. The van der Waals surface area contributed by atoms with Crippen LogP contribution in [0.25, 0.3) is 0 Å². The lowest BCUT2D eigenvalue weighted by Crippen LogP contribution is -2.54. The van der Waals surface area contributed by atoms with E-state index in [0.717, 1.165) is 31.6 Å². The molecule has 0 aromatic heterocycles. The summed E-state index contributed by atoms with van der Waals surface area (Å²) in [6, 6.07) is 9.63. The number of nitrogens with one attached hydrogen (secondary N) is 1. The molecule has 1 aliphatic carbocycles. The van der Waals surface area contributed by atoms with Gasteiger partial charge >= 0.3 is 0 Å². The Hall–Kier alpha value is -0.950. The van der Waals surface area contributed by atoms with Crippen molar-refractivity contribution in [2.24, 2.45) is 5.92 Å². The van der Waals surface area contributed by atoms with Gasteiger partial charge in [0.05, 0.1) is 17.3 Å². The van der Waals surface area contributed by atoms with E-state index >= 15 is 0 Å². The van der Waals surface area contributed by atoms with Gasteiger partial charge in [0.15, 0.2) is 9.84 Å². The predicted octanol–water partition coefficient (Wildman–Crippen LogP) is 3.41. The Balaban J connectivity index is 1.74. The summed E-state index contributed by atoms with van der Waals surface area (Å²) in [6.07, 6.45) is 7.87. The molecule has 1 heterocycles. The molecule has 1 N–H and O–H groups in total. The third-order valence-corrected chi connectivity index (χ3v) is 7.90. The lowest BCUT2D eigenvalue weighted by atomic mass is 10.0. The van der Waals surface area contributed by atoms with E-state index in [2.05, 4.69) is 17.4 Å². The van der Waals surface area contributed by atoms with Crippen LogP contribution in [0.5, 0.6) is 0 Å². The van der Waals surface area contributed by atoms with Gasteiger partial charge in [0.1, 0.15) is 0 Å². The maximum absolute atomic E-state index is 12.9. The zero-order valence-corrected chi connectivity index (χ0v) is 17.5. The monoisotopic (exact) mass is 394 g/mol. The number of hydrazine groups is 1. The number of nitrogens with zero attached hydrogens (tertiary/aromatic N) is 1. The average Bonchev–Trinajstić information content (AvgIpc) is 3.23. The zero-order valence-electron chi connectivity index (χ0n) is 16.6. The molecule has 3 rings (SSSR count). The van der Waals surface area contributed by atoms with Crippen molar-refractivity contribution in [1.29, 1.82) is 0 Å². The van der Waals surface area contributed by atoms with E-state index in [9.17, 15) is 8.42 Å². The molecule has 2 aliphatic rings. The Morgan fingerprint density at radius 1 is 1.26 bits per heavy atom. The number of unbranched alkanes of at least 4 members (excludes halogenated alkanes) is 1. The van der Waals surface area contributed by atoms with Crippen molar-refractivity contribution < 1.29 is 13.2 Å². The third-order valence-electron chi connectivity index (χ3n) is 6.06. The second-order valence-electron chi connectivity index (χ2n) is 8.07. The van der Waals surface area contributed by atoms with Crippen molar-refractivity contribution in [3.8, 4) is 0 Å². The number of benzene rings is 1. The van der Waals surface area contributed by atoms with E-state index in [4.69, 9.17) is 4.74 Å². The highest BCUT2D eigenvalue weighted by Crippen LogP contribution is 2.40. The summed E-state index contributed by atoms with van der Waals surface area (Å²) in [5.41, 5.74) is 3.66. The van der Waals surface area contributed by atoms with Gasteiger partial charge in [0, 0.05) is 25.2 Å². The number of sulfone groups is 1. The fourth-order valence-electron chi connectivity index (χ4n) is 4.77. The van der Waals surface area contributed by atoms with Gasteiger partial charge in [-0.1, -0.05) is 44.4 Å². The van der Waals surface area contributed by atoms with Gasteiger partial charge in [-0.3, -0.25) is 5.43 Å². The normalized spacial score (nSPS) is 27.0. The second-order valence-corrected chi connectivity index (χ2v) is 10.1. The Morgan fingerprint density at radius 2 is 2.04 bits per heavy atom. The van der Waals surface area contributed by atoms with Gasteiger partial charge in [0.2, 0.25) is 0 Å². The molecule has 0 radical (unpaired) electrons. The molecule has 0 spiro atoms. The Kier molecular flexibility index (Phi) is 7.31. The molecule has 27 heavy (non-hydrogen) atoms. The molecule has 152 valence electrons. The smallest absolute Gasteiger partial charge is 0.179 e. The molecule has 0 bridgehead atoms. The number of hydrogen-bond acceptors (Lipinski definition) is 5. The highest BCUT2D eigenvalue weighted by Gasteiger charge is 2.44. The van der Waals surface area contributed by atoms with Crippen molar-refractivity contribution in [3.63, 3.8) is 0 Å². The van der Waals surface area contributed by atoms with E-state index in [1.165, 1.54) is 19.3 Å². The van der Waals surface area contributed by atoms with E-state index in [-0.39, 0.29) is 11.8 Å². The van der Waals surface area contributed by atoms with E-state index < -0.39 is 9.84 Å². The Morgan fingerprint density at radius 3 is 2.74 bits per heavy atom. The summed E-state index contributed by atoms with van der Waals surface area (Å²) in [5.74, 6) is 0.861.